The minimum absolute atomic E-state index is 0.188. The highest BCUT2D eigenvalue weighted by Gasteiger charge is 2.41. The van der Waals surface area contributed by atoms with Crippen molar-refractivity contribution < 1.29 is 14.6 Å². The molecule has 0 atom stereocenters. The molecule has 1 heterocycles. The van der Waals surface area contributed by atoms with E-state index in [1.807, 2.05) is 81.4 Å². The van der Waals surface area contributed by atoms with Crippen LogP contribution in [0.5, 0.6) is 0 Å². The van der Waals surface area contributed by atoms with E-state index in [-0.39, 0.29) is 5.92 Å². The zero-order chi connectivity index (χ0) is 22.8. The van der Waals surface area contributed by atoms with Crippen molar-refractivity contribution in [2.75, 3.05) is 0 Å². The fraction of sp³-hybridized carbons (Fsp3) is 0.393. The molecule has 1 fully saturated rings. The first-order valence-corrected chi connectivity index (χ1v) is 11.6. The molecule has 0 unspecified atom stereocenters. The third kappa shape index (κ3) is 4.81. The molecule has 0 radical (unpaired) electrons. The molecule has 0 spiro atoms. The first kappa shape index (κ1) is 22.3. The number of amides is 1. The Labute approximate surface area is 191 Å². The van der Waals surface area contributed by atoms with E-state index in [1.54, 1.807) is 4.90 Å². The molecule has 2 aliphatic rings. The van der Waals surface area contributed by atoms with Gasteiger partial charge in [0, 0.05) is 5.92 Å². The van der Waals surface area contributed by atoms with Crippen molar-refractivity contribution in [1.82, 2.24) is 4.90 Å². The van der Waals surface area contributed by atoms with Crippen molar-refractivity contribution in [3.63, 3.8) is 0 Å². The van der Waals surface area contributed by atoms with Crippen LogP contribution in [0.3, 0.4) is 0 Å². The fourth-order valence-corrected chi connectivity index (χ4v) is 4.65. The monoisotopic (exact) mass is 431 g/mol. The van der Waals surface area contributed by atoms with Crippen LogP contribution in [0.15, 0.2) is 72.8 Å². The maximum absolute atomic E-state index is 13.5. The van der Waals surface area contributed by atoms with Crippen LogP contribution in [0.25, 0.3) is 11.4 Å². The molecule has 1 aliphatic heterocycles. The Bertz CT molecular complexity index is 938. The topological polar surface area (TPSA) is 49.8 Å². The van der Waals surface area contributed by atoms with Crippen LogP contribution >= 0.6 is 0 Å². The van der Waals surface area contributed by atoms with Gasteiger partial charge in [-0.1, -0.05) is 79.9 Å². The lowest BCUT2D eigenvalue weighted by Gasteiger charge is -2.41. The number of aliphatic hydroxyl groups is 1. The summed E-state index contributed by atoms with van der Waals surface area (Å²) in [6, 6.07) is 19.8. The summed E-state index contributed by atoms with van der Waals surface area (Å²) in [7, 11) is 0. The van der Waals surface area contributed by atoms with Gasteiger partial charge >= 0.3 is 6.09 Å². The van der Waals surface area contributed by atoms with E-state index in [0.29, 0.717) is 0 Å². The SMILES string of the molecule is CC(C)(C)OC(=O)N1C(c2ccccc2)=CC(C2(O)CCCCC2)C=C1c1ccccc1. The molecule has 32 heavy (non-hydrogen) atoms. The van der Waals surface area contributed by atoms with Crippen LogP contribution in [-0.4, -0.2) is 27.3 Å². The summed E-state index contributed by atoms with van der Waals surface area (Å²) in [5.41, 5.74) is 1.92. The van der Waals surface area contributed by atoms with Gasteiger partial charge in [-0.25, -0.2) is 9.69 Å². The Morgan fingerprint density at radius 3 is 1.78 bits per heavy atom. The minimum Gasteiger partial charge on any atom is -0.443 e. The van der Waals surface area contributed by atoms with Crippen LogP contribution in [-0.2, 0) is 4.74 Å². The van der Waals surface area contributed by atoms with Gasteiger partial charge in [0.25, 0.3) is 0 Å². The molecular weight excluding hydrogens is 398 g/mol. The van der Waals surface area contributed by atoms with Gasteiger partial charge in [-0.2, -0.15) is 0 Å². The first-order chi connectivity index (χ1) is 15.3. The number of nitrogens with zero attached hydrogens (tertiary/aromatic N) is 1. The highest BCUT2D eigenvalue weighted by molar-refractivity contribution is 5.95. The fourth-order valence-electron chi connectivity index (χ4n) is 4.65. The highest BCUT2D eigenvalue weighted by Crippen LogP contribution is 2.44. The minimum atomic E-state index is -0.807. The van der Waals surface area contributed by atoms with E-state index in [1.165, 1.54) is 0 Å². The summed E-state index contributed by atoms with van der Waals surface area (Å²) in [4.78, 5) is 15.2. The largest absolute Gasteiger partial charge is 0.443 e. The molecule has 0 aromatic heterocycles. The lowest BCUT2D eigenvalue weighted by molar-refractivity contribution is -0.0195. The number of benzene rings is 2. The number of carbonyl (C=O) groups is 1. The zero-order valence-electron chi connectivity index (χ0n) is 19.3. The van der Waals surface area contributed by atoms with Crippen LogP contribution in [0.2, 0.25) is 0 Å². The van der Waals surface area contributed by atoms with Gasteiger partial charge in [0.2, 0.25) is 0 Å². The van der Waals surface area contributed by atoms with E-state index in [2.05, 4.69) is 12.2 Å². The van der Waals surface area contributed by atoms with Crippen molar-refractivity contribution >= 4 is 17.5 Å². The third-order valence-corrected chi connectivity index (χ3v) is 6.21. The van der Waals surface area contributed by atoms with Gasteiger partial charge in [0.15, 0.2) is 0 Å². The van der Waals surface area contributed by atoms with Gasteiger partial charge in [-0.3, -0.25) is 0 Å². The lowest BCUT2D eigenvalue weighted by atomic mass is 9.73. The summed E-state index contributed by atoms with van der Waals surface area (Å²) >= 11 is 0. The van der Waals surface area contributed by atoms with Crippen molar-refractivity contribution in [2.45, 2.75) is 64.1 Å². The average Bonchev–Trinajstić information content (AvgIpc) is 2.79. The standard InChI is InChI=1S/C28H33NO3/c1-27(2,3)32-26(30)29-24(21-13-7-4-8-14-21)19-23(28(31)17-11-6-12-18-28)20-25(29)22-15-9-5-10-16-22/h4-5,7-10,13-16,19-20,23,31H,6,11-12,17-18H2,1-3H3. The smallest absolute Gasteiger partial charge is 0.419 e. The first-order valence-electron chi connectivity index (χ1n) is 11.6. The molecule has 0 saturated heterocycles. The predicted molar refractivity (Wildman–Crippen MR) is 128 cm³/mol. The Kier molecular flexibility index (Phi) is 6.25. The summed E-state index contributed by atoms with van der Waals surface area (Å²) in [6.45, 7) is 5.63. The maximum atomic E-state index is 13.5. The second kappa shape index (κ2) is 8.95. The van der Waals surface area contributed by atoms with Gasteiger partial charge in [-0.15, -0.1) is 0 Å². The maximum Gasteiger partial charge on any atom is 0.419 e. The van der Waals surface area contributed by atoms with Crippen molar-refractivity contribution in [1.29, 1.82) is 0 Å². The molecule has 4 nitrogen and oxygen atoms in total. The Hall–Kier alpha value is -2.85. The second-order valence-electron chi connectivity index (χ2n) is 9.84. The normalized spacial score (nSPS) is 19.2. The van der Waals surface area contributed by atoms with Gasteiger partial charge in [0.1, 0.15) is 5.60 Å². The van der Waals surface area contributed by atoms with Crippen molar-refractivity contribution in [3.8, 4) is 0 Å². The molecule has 4 heteroatoms. The number of rotatable bonds is 3. The molecule has 168 valence electrons. The number of ether oxygens (including phenoxy) is 1. The van der Waals surface area contributed by atoms with E-state index >= 15 is 0 Å². The molecule has 0 bridgehead atoms. The Balaban J connectivity index is 1.87. The van der Waals surface area contributed by atoms with Crippen molar-refractivity contribution in [3.05, 3.63) is 83.9 Å². The Morgan fingerprint density at radius 2 is 1.34 bits per heavy atom. The molecule has 2 aromatic carbocycles. The van der Waals surface area contributed by atoms with Gasteiger partial charge in [-0.05, 0) is 56.9 Å². The number of hydrogen-bond donors (Lipinski definition) is 1. The van der Waals surface area contributed by atoms with Crippen LogP contribution < -0.4 is 0 Å². The summed E-state index contributed by atoms with van der Waals surface area (Å²) in [6.07, 6.45) is 8.41. The highest BCUT2D eigenvalue weighted by atomic mass is 16.6. The van der Waals surface area contributed by atoms with Crippen LogP contribution in [0.1, 0.15) is 64.0 Å². The molecule has 1 amide bonds. The predicted octanol–water partition coefficient (Wildman–Crippen LogP) is 6.63. The summed E-state index contributed by atoms with van der Waals surface area (Å²) in [5, 5.41) is 11.6. The molecule has 1 saturated carbocycles. The van der Waals surface area contributed by atoms with Crippen LogP contribution in [0, 0.1) is 5.92 Å². The van der Waals surface area contributed by atoms with Gasteiger partial charge in [0.05, 0.1) is 17.0 Å². The Morgan fingerprint density at radius 1 is 0.875 bits per heavy atom. The van der Waals surface area contributed by atoms with Gasteiger partial charge < -0.3 is 9.84 Å². The summed E-state index contributed by atoms with van der Waals surface area (Å²) in [5.74, 6) is -0.188. The van der Waals surface area contributed by atoms with E-state index in [0.717, 1.165) is 54.6 Å². The molecule has 4 rings (SSSR count). The van der Waals surface area contributed by atoms with E-state index in [4.69, 9.17) is 4.74 Å². The average molecular weight is 432 g/mol. The van der Waals surface area contributed by atoms with E-state index in [9.17, 15) is 9.90 Å². The molecular formula is C28H33NO3. The summed E-state index contributed by atoms with van der Waals surface area (Å²) < 4.78 is 5.83. The molecule has 2 aromatic rings. The number of carbonyl (C=O) groups excluding carboxylic acids is 1. The third-order valence-electron chi connectivity index (χ3n) is 6.21. The molecule has 1 aliphatic carbocycles. The quantitative estimate of drug-likeness (QED) is 0.593. The number of hydrogen-bond acceptors (Lipinski definition) is 3. The second-order valence-corrected chi connectivity index (χ2v) is 9.84. The van der Waals surface area contributed by atoms with Crippen LogP contribution in [0.4, 0.5) is 4.79 Å². The molecule has 1 N–H and O–H groups in total. The van der Waals surface area contributed by atoms with Crippen molar-refractivity contribution in [2.24, 2.45) is 5.92 Å². The lowest BCUT2D eigenvalue weighted by Crippen LogP contribution is -2.42. The van der Waals surface area contributed by atoms with E-state index < -0.39 is 17.3 Å². The zero-order valence-corrected chi connectivity index (χ0v) is 19.3.